The highest BCUT2D eigenvalue weighted by molar-refractivity contribution is 5.92. The first-order chi connectivity index (χ1) is 14.6. The number of aryl methyl sites for hydroxylation is 1. The molecular formula is C24H28N4O2. The maximum Gasteiger partial charge on any atom is 0.274 e. The van der Waals surface area contributed by atoms with Crippen LogP contribution in [0.3, 0.4) is 0 Å². The summed E-state index contributed by atoms with van der Waals surface area (Å²) in [4.78, 5) is 17.3. The number of aromatic nitrogens is 2. The van der Waals surface area contributed by atoms with Crippen molar-refractivity contribution >= 4 is 5.91 Å². The zero-order chi connectivity index (χ0) is 20.9. The smallest absolute Gasteiger partial charge is 0.274 e. The van der Waals surface area contributed by atoms with Gasteiger partial charge < -0.3 is 9.64 Å². The number of rotatable bonds is 6. The minimum absolute atomic E-state index is 0.0163. The van der Waals surface area contributed by atoms with Crippen molar-refractivity contribution in [2.45, 2.75) is 13.3 Å². The SMILES string of the molecule is COc1ccc(CCN2CCN(C(=O)c3cc(C)n(-c4ccccc4)n3)CC2)cc1. The Balaban J connectivity index is 1.31. The van der Waals surface area contributed by atoms with Crippen LogP contribution in [0.1, 0.15) is 21.7 Å². The lowest BCUT2D eigenvalue weighted by atomic mass is 10.1. The van der Waals surface area contributed by atoms with Crippen LogP contribution in [0, 0.1) is 6.92 Å². The van der Waals surface area contributed by atoms with E-state index in [9.17, 15) is 4.79 Å². The van der Waals surface area contributed by atoms with Gasteiger partial charge in [-0.15, -0.1) is 0 Å². The Labute approximate surface area is 177 Å². The number of hydrogen-bond acceptors (Lipinski definition) is 4. The van der Waals surface area contributed by atoms with Crippen molar-refractivity contribution in [1.82, 2.24) is 19.6 Å². The van der Waals surface area contributed by atoms with E-state index >= 15 is 0 Å². The van der Waals surface area contributed by atoms with Crippen molar-refractivity contribution in [2.75, 3.05) is 39.8 Å². The predicted molar refractivity (Wildman–Crippen MR) is 117 cm³/mol. The molecule has 4 rings (SSSR count). The number of piperazine rings is 1. The molecule has 1 fully saturated rings. The van der Waals surface area contributed by atoms with E-state index < -0.39 is 0 Å². The molecule has 1 aromatic heterocycles. The lowest BCUT2D eigenvalue weighted by Gasteiger charge is -2.34. The van der Waals surface area contributed by atoms with Crippen molar-refractivity contribution in [3.63, 3.8) is 0 Å². The van der Waals surface area contributed by atoms with Gasteiger partial charge in [0.2, 0.25) is 0 Å². The zero-order valence-electron chi connectivity index (χ0n) is 17.6. The maximum absolute atomic E-state index is 13.0. The predicted octanol–water partition coefficient (Wildman–Crippen LogP) is 3.19. The average molecular weight is 405 g/mol. The number of amides is 1. The molecule has 0 aliphatic carbocycles. The molecule has 2 heterocycles. The van der Waals surface area contributed by atoms with Crippen LogP contribution in [-0.2, 0) is 6.42 Å². The third-order valence-corrected chi connectivity index (χ3v) is 5.64. The summed E-state index contributed by atoms with van der Waals surface area (Å²) in [5, 5.41) is 4.57. The van der Waals surface area contributed by atoms with Gasteiger partial charge in [-0.3, -0.25) is 9.69 Å². The molecule has 6 heteroatoms. The van der Waals surface area contributed by atoms with E-state index in [0.717, 1.165) is 56.3 Å². The fraction of sp³-hybridized carbons (Fsp3) is 0.333. The summed E-state index contributed by atoms with van der Waals surface area (Å²) in [6.45, 7) is 6.22. The molecule has 0 spiro atoms. The van der Waals surface area contributed by atoms with Gasteiger partial charge in [0, 0.05) is 38.4 Å². The van der Waals surface area contributed by atoms with Crippen LogP contribution in [0.25, 0.3) is 5.69 Å². The van der Waals surface area contributed by atoms with Crippen LogP contribution in [0.15, 0.2) is 60.7 Å². The second-order valence-electron chi connectivity index (χ2n) is 7.65. The first-order valence-corrected chi connectivity index (χ1v) is 10.4. The lowest BCUT2D eigenvalue weighted by Crippen LogP contribution is -2.49. The second-order valence-corrected chi connectivity index (χ2v) is 7.65. The monoisotopic (exact) mass is 404 g/mol. The molecule has 0 bridgehead atoms. The highest BCUT2D eigenvalue weighted by atomic mass is 16.5. The number of nitrogens with zero attached hydrogens (tertiary/aromatic N) is 4. The summed E-state index contributed by atoms with van der Waals surface area (Å²) in [5.41, 5.74) is 3.75. The molecule has 1 aliphatic heterocycles. The summed E-state index contributed by atoms with van der Waals surface area (Å²) in [6, 6.07) is 20.0. The molecule has 6 nitrogen and oxygen atoms in total. The molecule has 30 heavy (non-hydrogen) atoms. The molecule has 2 aromatic carbocycles. The largest absolute Gasteiger partial charge is 0.497 e. The van der Waals surface area contributed by atoms with Gasteiger partial charge in [-0.25, -0.2) is 4.68 Å². The summed E-state index contributed by atoms with van der Waals surface area (Å²) < 4.78 is 7.05. The van der Waals surface area contributed by atoms with Crippen LogP contribution in [-0.4, -0.2) is 65.3 Å². The quantitative estimate of drug-likeness (QED) is 0.633. The van der Waals surface area contributed by atoms with Crippen molar-refractivity contribution < 1.29 is 9.53 Å². The fourth-order valence-electron chi connectivity index (χ4n) is 3.83. The summed E-state index contributed by atoms with van der Waals surface area (Å²) in [5.74, 6) is 0.901. The highest BCUT2D eigenvalue weighted by Gasteiger charge is 2.24. The summed E-state index contributed by atoms with van der Waals surface area (Å²) in [7, 11) is 1.68. The maximum atomic E-state index is 13.0. The molecule has 0 atom stereocenters. The van der Waals surface area contributed by atoms with Gasteiger partial charge >= 0.3 is 0 Å². The first-order valence-electron chi connectivity index (χ1n) is 10.4. The van der Waals surface area contributed by atoms with Gasteiger partial charge in [-0.1, -0.05) is 30.3 Å². The number of ether oxygens (including phenoxy) is 1. The molecule has 0 N–H and O–H groups in total. The molecule has 1 saturated heterocycles. The van der Waals surface area contributed by atoms with Crippen molar-refractivity contribution in [3.8, 4) is 11.4 Å². The standard InChI is InChI=1S/C24H28N4O2/c1-19-18-23(25-28(19)21-6-4-3-5-7-21)24(29)27-16-14-26(15-17-27)13-12-20-8-10-22(30-2)11-9-20/h3-11,18H,12-17H2,1-2H3. The van der Waals surface area contributed by atoms with Crippen LogP contribution in [0.5, 0.6) is 5.75 Å². The number of hydrogen-bond donors (Lipinski definition) is 0. The number of methoxy groups -OCH3 is 1. The van der Waals surface area contributed by atoms with Crippen molar-refractivity contribution in [2.24, 2.45) is 0 Å². The summed E-state index contributed by atoms with van der Waals surface area (Å²) in [6.07, 6.45) is 0.999. The van der Waals surface area contributed by atoms with Crippen molar-refractivity contribution in [1.29, 1.82) is 0 Å². The van der Waals surface area contributed by atoms with Gasteiger partial charge in [-0.2, -0.15) is 5.10 Å². The number of carbonyl (C=O) groups is 1. The van der Waals surface area contributed by atoms with Crippen molar-refractivity contribution in [3.05, 3.63) is 77.6 Å². The Morgan fingerprint density at radius 2 is 1.70 bits per heavy atom. The second kappa shape index (κ2) is 9.13. The molecule has 0 unspecified atom stereocenters. The molecule has 156 valence electrons. The zero-order valence-corrected chi connectivity index (χ0v) is 17.6. The number of para-hydroxylation sites is 1. The van der Waals surface area contributed by atoms with E-state index in [-0.39, 0.29) is 5.91 Å². The Bertz CT molecular complexity index is 974. The molecular weight excluding hydrogens is 376 g/mol. The van der Waals surface area contributed by atoms with E-state index in [1.54, 1.807) is 7.11 Å². The van der Waals surface area contributed by atoms with Gasteiger partial charge in [0.25, 0.3) is 5.91 Å². The Hall–Kier alpha value is -3.12. The molecule has 0 saturated carbocycles. The molecule has 1 aliphatic rings. The fourth-order valence-corrected chi connectivity index (χ4v) is 3.83. The third kappa shape index (κ3) is 4.54. The first kappa shape index (κ1) is 20.2. The van der Waals surface area contributed by atoms with E-state index in [4.69, 9.17) is 4.74 Å². The Morgan fingerprint density at radius 3 is 2.37 bits per heavy atom. The lowest BCUT2D eigenvalue weighted by molar-refractivity contribution is 0.0632. The van der Waals surface area contributed by atoms with Crippen LogP contribution < -0.4 is 4.74 Å². The minimum atomic E-state index is 0.0163. The topological polar surface area (TPSA) is 50.6 Å². The van der Waals surface area contributed by atoms with Gasteiger partial charge in [0.05, 0.1) is 12.8 Å². The average Bonchev–Trinajstić information content (AvgIpc) is 3.20. The molecule has 1 amide bonds. The van der Waals surface area contributed by atoms with Crippen LogP contribution in [0.4, 0.5) is 0 Å². The van der Waals surface area contributed by atoms with Gasteiger partial charge in [-0.05, 0) is 49.2 Å². The minimum Gasteiger partial charge on any atom is -0.497 e. The summed E-state index contributed by atoms with van der Waals surface area (Å²) >= 11 is 0. The molecule has 0 radical (unpaired) electrons. The molecule has 3 aromatic rings. The number of carbonyl (C=O) groups excluding carboxylic acids is 1. The number of benzene rings is 2. The third-order valence-electron chi connectivity index (χ3n) is 5.64. The Morgan fingerprint density at radius 1 is 1.00 bits per heavy atom. The van der Waals surface area contributed by atoms with Crippen LogP contribution >= 0.6 is 0 Å². The van der Waals surface area contributed by atoms with E-state index in [1.165, 1.54) is 5.56 Å². The van der Waals surface area contributed by atoms with E-state index in [1.807, 2.05) is 65.0 Å². The highest BCUT2D eigenvalue weighted by Crippen LogP contribution is 2.15. The van der Waals surface area contributed by atoms with Gasteiger partial charge in [0.15, 0.2) is 5.69 Å². The van der Waals surface area contributed by atoms with E-state index in [0.29, 0.717) is 5.69 Å². The van der Waals surface area contributed by atoms with Crippen LogP contribution in [0.2, 0.25) is 0 Å². The van der Waals surface area contributed by atoms with Gasteiger partial charge in [0.1, 0.15) is 5.75 Å². The van der Waals surface area contributed by atoms with E-state index in [2.05, 4.69) is 22.1 Å². The normalized spacial score (nSPS) is 14.7. The Kier molecular flexibility index (Phi) is 6.14.